The number of hydrogen-bond acceptors (Lipinski definition) is 4. The maximum atomic E-state index is 15.2. The summed E-state index contributed by atoms with van der Waals surface area (Å²) in [7, 11) is 1.68. The Hall–Kier alpha value is -3.40. The summed E-state index contributed by atoms with van der Waals surface area (Å²) in [5.74, 6) is -6.91. The molecule has 4 aliphatic carbocycles. The van der Waals surface area contributed by atoms with Gasteiger partial charge in [-0.15, -0.1) is 0 Å². The second-order valence-corrected chi connectivity index (χ2v) is 13.1. The smallest absolute Gasteiger partial charge is 0.383 e. The largest absolute Gasteiger partial charge is 0.456 e. The molecular formula is C34H35F5N2O3. The monoisotopic (exact) mass is 614 g/mol. The first-order chi connectivity index (χ1) is 20.7. The van der Waals surface area contributed by atoms with E-state index in [1.165, 1.54) is 6.92 Å². The van der Waals surface area contributed by atoms with Gasteiger partial charge in [0.15, 0.2) is 5.78 Å². The molecule has 1 amide bonds. The molecule has 234 valence electrons. The maximum absolute atomic E-state index is 15.2. The molecule has 0 spiro atoms. The topological polar surface area (TPSA) is 70.5 Å². The SMILES string of the molecule is CN(Cc1ccncc1)C(=O)c1ccc([C@H]2C[C@@]3(C)[C@@H](CCC3(O)C(F)(F)C(F)(F)F)C3CCC4=CC(=O)CCC4=C32)cc1. The Morgan fingerprint density at radius 1 is 1.02 bits per heavy atom. The van der Waals surface area contributed by atoms with Gasteiger partial charge in [-0.1, -0.05) is 24.6 Å². The Balaban J connectivity index is 1.40. The van der Waals surface area contributed by atoms with E-state index >= 15 is 8.78 Å². The normalized spacial score (nSPS) is 30.3. The van der Waals surface area contributed by atoms with E-state index in [4.69, 9.17) is 0 Å². The lowest BCUT2D eigenvalue weighted by molar-refractivity contribution is -0.362. The molecule has 1 heterocycles. The van der Waals surface area contributed by atoms with Gasteiger partial charge in [0.05, 0.1) is 0 Å². The number of alkyl halides is 5. The second kappa shape index (κ2) is 10.6. The van der Waals surface area contributed by atoms with E-state index < -0.39 is 41.4 Å². The van der Waals surface area contributed by atoms with Crippen molar-refractivity contribution in [3.8, 4) is 0 Å². The molecule has 44 heavy (non-hydrogen) atoms. The fourth-order valence-corrected chi connectivity index (χ4v) is 8.63. The molecule has 4 aliphatic rings. The van der Waals surface area contributed by atoms with Crippen LogP contribution in [0.5, 0.6) is 0 Å². The first-order valence-corrected chi connectivity index (χ1v) is 15.1. The molecule has 0 radical (unpaired) electrons. The minimum absolute atomic E-state index is 0.0267. The number of pyridine rings is 1. The fraction of sp³-hybridized carbons (Fsp3) is 0.500. The quantitative estimate of drug-likeness (QED) is 0.362. The Bertz CT molecular complexity index is 1530. The molecule has 2 aromatic rings. The fourth-order valence-electron chi connectivity index (χ4n) is 8.63. The van der Waals surface area contributed by atoms with Crippen LogP contribution in [-0.4, -0.2) is 51.4 Å². The Labute approximate surface area is 252 Å². The Morgan fingerprint density at radius 3 is 2.36 bits per heavy atom. The third-order valence-electron chi connectivity index (χ3n) is 10.8. The van der Waals surface area contributed by atoms with Crippen LogP contribution in [0.3, 0.4) is 0 Å². The number of ketones is 1. The van der Waals surface area contributed by atoms with Crippen molar-refractivity contribution in [3.63, 3.8) is 0 Å². The highest BCUT2D eigenvalue weighted by atomic mass is 19.4. The van der Waals surface area contributed by atoms with E-state index in [-0.39, 0.29) is 30.4 Å². The molecular weight excluding hydrogens is 579 g/mol. The Morgan fingerprint density at radius 2 is 1.70 bits per heavy atom. The van der Waals surface area contributed by atoms with Gasteiger partial charge in [0, 0.05) is 49.3 Å². The van der Waals surface area contributed by atoms with E-state index in [1.807, 2.05) is 12.1 Å². The molecule has 0 aliphatic heterocycles. The minimum atomic E-state index is -5.90. The summed E-state index contributed by atoms with van der Waals surface area (Å²) in [5.41, 5.74) is -0.0729. The molecule has 10 heteroatoms. The molecule has 2 fully saturated rings. The van der Waals surface area contributed by atoms with Crippen LogP contribution in [0.15, 0.2) is 71.6 Å². The molecule has 0 saturated heterocycles. The van der Waals surface area contributed by atoms with Gasteiger partial charge < -0.3 is 10.0 Å². The molecule has 5 atom stereocenters. The number of carbonyl (C=O) groups is 2. The van der Waals surface area contributed by atoms with Crippen LogP contribution in [0.2, 0.25) is 0 Å². The van der Waals surface area contributed by atoms with E-state index in [1.54, 1.807) is 54.7 Å². The van der Waals surface area contributed by atoms with Crippen LogP contribution in [0.1, 0.15) is 79.3 Å². The molecule has 1 N–H and O–H groups in total. The number of rotatable bonds is 5. The van der Waals surface area contributed by atoms with Gasteiger partial charge in [0.2, 0.25) is 0 Å². The summed E-state index contributed by atoms with van der Waals surface area (Å²) in [5, 5.41) is 11.4. The molecule has 5 nitrogen and oxygen atoms in total. The summed E-state index contributed by atoms with van der Waals surface area (Å²) in [6.45, 7) is 1.77. The highest BCUT2D eigenvalue weighted by Crippen LogP contribution is 2.70. The van der Waals surface area contributed by atoms with E-state index in [0.29, 0.717) is 43.4 Å². The van der Waals surface area contributed by atoms with Crippen molar-refractivity contribution in [3.05, 3.63) is 88.3 Å². The van der Waals surface area contributed by atoms with Crippen molar-refractivity contribution in [2.75, 3.05) is 7.05 Å². The van der Waals surface area contributed by atoms with Gasteiger partial charge in [0.1, 0.15) is 5.60 Å². The molecule has 1 aromatic heterocycles. The van der Waals surface area contributed by atoms with Crippen LogP contribution in [-0.2, 0) is 11.3 Å². The molecule has 1 aromatic carbocycles. The third-order valence-corrected chi connectivity index (χ3v) is 10.8. The zero-order valence-corrected chi connectivity index (χ0v) is 24.6. The van der Waals surface area contributed by atoms with Gasteiger partial charge in [-0.3, -0.25) is 14.6 Å². The van der Waals surface area contributed by atoms with Crippen molar-refractivity contribution in [2.24, 2.45) is 17.3 Å². The summed E-state index contributed by atoms with van der Waals surface area (Å²) in [4.78, 5) is 31.0. The lowest BCUT2D eigenvalue weighted by Crippen LogP contribution is -2.65. The molecule has 0 bridgehead atoms. The summed E-state index contributed by atoms with van der Waals surface area (Å²) in [6.07, 6.45) is 0.208. The van der Waals surface area contributed by atoms with Gasteiger partial charge in [-0.25, -0.2) is 0 Å². The van der Waals surface area contributed by atoms with Crippen LogP contribution in [0, 0.1) is 17.3 Å². The number of hydrogen-bond donors (Lipinski definition) is 1. The van der Waals surface area contributed by atoms with Gasteiger partial charge in [0.25, 0.3) is 5.91 Å². The van der Waals surface area contributed by atoms with Crippen molar-refractivity contribution >= 4 is 11.7 Å². The molecule has 6 rings (SSSR count). The lowest BCUT2D eigenvalue weighted by Gasteiger charge is -2.56. The summed E-state index contributed by atoms with van der Waals surface area (Å²) in [6, 6.07) is 10.4. The number of halogens is 5. The van der Waals surface area contributed by atoms with Crippen molar-refractivity contribution in [1.29, 1.82) is 0 Å². The van der Waals surface area contributed by atoms with E-state index in [9.17, 15) is 27.9 Å². The van der Waals surface area contributed by atoms with Gasteiger partial charge in [-0.2, -0.15) is 22.0 Å². The third kappa shape index (κ3) is 4.63. The standard InChI is InChI=1S/C34H35F5N2O3/c1-31-18-27(21-3-5-22(6-4-21)30(43)41(2)19-20-12-15-40-16-13-20)29-25-10-8-24(42)17-23(25)7-9-26(29)28(31)11-14-32(31,44)33(35,36)34(37,38)39/h3-6,12-13,15-17,26-28,44H,7-11,14,18-19H2,1-2H3/t26?,27-,28+,31+,32?/m1/s1. The maximum Gasteiger partial charge on any atom is 0.456 e. The predicted molar refractivity (Wildman–Crippen MR) is 153 cm³/mol. The highest BCUT2D eigenvalue weighted by molar-refractivity contribution is 5.94. The van der Waals surface area contributed by atoms with Gasteiger partial charge >= 0.3 is 12.1 Å². The number of fused-ring (bicyclic) bond motifs is 4. The number of amides is 1. The highest BCUT2D eigenvalue weighted by Gasteiger charge is 2.79. The van der Waals surface area contributed by atoms with Crippen molar-refractivity contribution < 1.29 is 36.6 Å². The number of aliphatic hydroxyl groups is 1. The predicted octanol–water partition coefficient (Wildman–Crippen LogP) is 7.18. The first-order valence-electron chi connectivity index (χ1n) is 15.1. The summed E-state index contributed by atoms with van der Waals surface area (Å²) < 4.78 is 71.8. The second-order valence-electron chi connectivity index (χ2n) is 13.1. The van der Waals surface area contributed by atoms with Crippen LogP contribution < -0.4 is 0 Å². The number of aromatic nitrogens is 1. The first kappa shape index (κ1) is 30.6. The Kier molecular flexibility index (Phi) is 7.38. The van der Waals surface area contributed by atoms with Gasteiger partial charge in [-0.05, 0) is 103 Å². The average molecular weight is 615 g/mol. The minimum Gasteiger partial charge on any atom is -0.383 e. The van der Waals surface area contributed by atoms with Crippen molar-refractivity contribution in [1.82, 2.24) is 9.88 Å². The molecule has 2 unspecified atom stereocenters. The molecule has 2 saturated carbocycles. The zero-order valence-electron chi connectivity index (χ0n) is 24.6. The number of allylic oxidation sites excluding steroid dienone is 4. The summed E-state index contributed by atoms with van der Waals surface area (Å²) >= 11 is 0. The number of carbonyl (C=O) groups excluding carboxylic acids is 2. The van der Waals surface area contributed by atoms with E-state index in [0.717, 1.165) is 22.3 Å². The van der Waals surface area contributed by atoms with Crippen LogP contribution >= 0.6 is 0 Å². The number of nitrogens with zero attached hydrogens (tertiary/aromatic N) is 2. The van der Waals surface area contributed by atoms with Crippen molar-refractivity contribution in [2.45, 2.75) is 82.0 Å². The van der Waals surface area contributed by atoms with Crippen LogP contribution in [0.4, 0.5) is 22.0 Å². The zero-order chi connectivity index (χ0) is 31.7. The lowest BCUT2D eigenvalue weighted by atomic mass is 9.50. The van der Waals surface area contributed by atoms with E-state index in [2.05, 4.69) is 4.98 Å². The van der Waals surface area contributed by atoms with Crippen LogP contribution in [0.25, 0.3) is 0 Å². The number of benzene rings is 1. The average Bonchev–Trinajstić information content (AvgIpc) is 3.27.